The predicted octanol–water partition coefficient (Wildman–Crippen LogP) is 4.12. The first-order valence-electron chi connectivity index (χ1n) is 5.03. The highest BCUT2D eigenvalue weighted by Crippen LogP contribution is 2.23. The van der Waals surface area contributed by atoms with Gasteiger partial charge in [-0.2, -0.15) is 0 Å². The van der Waals surface area contributed by atoms with E-state index in [1.165, 1.54) is 15.8 Å². The summed E-state index contributed by atoms with van der Waals surface area (Å²) in [5.74, 6) is 0.681. The van der Waals surface area contributed by atoms with Crippen molar-refractivity contribution in [2.24, 2.45) is 5.92 Å². The molecule has 0 aliphatic rings. The Hall–Kier alpha value is 0.140. The van der Waals surface area contributed by atoms with Gasteiger partial charge in [0.05, 0.1) is 10.4 Å². The third-order valence-electron chi connectivity index (χ3n) is 2.31. The van der Waals surface area contributed by atoms with Crippen molar-refractivity contribution in [3.8, 4) is 0 Å². The second kappa shape index (κ2) is 6.59. The second-order valence-corrected chi connectivity index (χ2v) is 5.79. The normalized spacial score (nSPS) is 13.1. The Morgan fingerprint density at radius 2 is 2.36 bits per heavy atom. The van der Waals surface area contributed by atoms with Crippen molar-refractivity contribution in [3.05, 3.63) is 20.8 Å². The van der Waals surface area contributed by atoms with Crippen molar-refractivity contribution in [2.45, 2.75) is 26.7 Å². The molecule has 0 fully saturated rings. The minimum atomic E-state index is 0.681. The average molecular weight is 277 g/mol. The van der Waals surface area contributed by atoms with Crippen LogP contribution in [-0.4, -0.2) is 13.2 Å². The Morgan fingerprint density at radius 3 is 2.93 bits per heavy atom. The first kappa shape index (κ1) is 12.2. The molecule has 0 radical (unpaired) electrons. The van der Waals surface area contributed by atoms with Gasteiger partial charge in [0.1, 0.15) is 0 Å². The molecule has 1 heterocycles. The van der Waals surface area contributed by atoms with Crippen molar-refractivity contribution < 1.29 is 4.74 Å². The van der Waals surface area contributed by atoms with Gasteiger partial charge in [-0.25, -0.2) is 0 Å². The summed E-state index contributed by atoms with van der Waals surface area (Å²) >= 11 is 5.26. The van der Waals surface area contributed by atoms with E-state index >= 15 is 0 Å². The van der Waals surface area contributed by atoms with Crippen molar-refractivity contribution >= 4 is 27.3 Å². The van der Waals surface area contributed by atoms with Gasteiger partial charge in [-0.05, 0) is 45.3 Å². The van der Waals surface area contributed by atoms with Gasteiger partial charge in [0.25, 0.3) is 0 Å². The lowest BCUT2D eigenvalue weighted by Crippen LogP contribution is -2.07. The van der Waals surface area contributed by atoms with Crippen molar-refractivity contribution in [2.75, 3.05) is 13.2 Å². The first-order valence-corrected chi connectivity index (χ1v) is 6.71. The SMILES string of the molecule is CC[C@@H](C)COCCc1ccsc1Br. The van der Waals surface area contributed by atoms with Crippen LogP contribution in [-0.2, 0) is 11.2 Å². The molecule has 80 valence electrons. The van der Waals surface area contributed by atoms with Crippen LogP contribution in [0.1, 0.15) is 25.8 Å². The molecule has 1 aromatic rings. The molecule has 3 heteroatoms. The van der Waals surface area contributed by atoms with E-state index in [2.05, 4.69) is 41.2 Å². The molecule has 1 nitrogen and oxygen atoms in total. The molecule has 0 saturated heterocycles. The molecule has 1 rings (SSSR count). The molecule has 1 aromatic heterocycles. The van der Waals surface area contributed by atoms with E-state index in [0.717, 1.165) is 19.6 Å². The highest BCUT2D eigenvalue weighted by atomic mass is 79.9. The summed E-state index contributed by atoms with van der Waals surface area (Å²) in [6, 6.07) is 2.15. The maximum absolute atomic E-state index is 5.60. The topological polar surface area (TPSA) is 9.23 Å². The van der Waals surface area contributed by atoms with Gasteiger partial charge in [-0.1, -0.05) is 20.3 Å². The Kier molecular flexibility index (Phi) is 5.75. The number of hydrogen-bond donors (Lipinski definition) is 0. The Balaban J connectivity index is 2.13. The fourth-order valence-corrected chi connectivity index (χ4v) is 2.41. The number of thiophene rings is 1. The highest BCUT2D eigenvalue weighted by Gasteiger charge is 2.02. The van der Waals surface area contributed by atoms with Crippen molar-refractivity contribution in [1.29, 1.82) is 0 Å². The van der Waals surface area contributed by atoms with Crippen LogP contribution in [0.4, 0.5) is 0 Å². The Labute approximate surface area is 98.6 Å². The number of hydrogen-bond acceptors (Lipinski definition) is 2. The summed E-state index contributed by atoms with van der Waals surface area (Å²) in [7, 11) is 0. The fourth-order valence-electron chi connectivity index (χ4n) is 1.08. The quantitative estimate of drug-likeness (QED) is 0.711. The Bertz CT molecular complexity index is 260. The minimum absolute atomic E-state index is 0.681. The van der Waals surface area contributed by atoms with Crippen LogP contribution >= 0.6 is 27.3 Å². The van der Waals surface area contributed by atoms with Crippen LogP contribution in [0.15, 0.2) is 15.2 Å². The lowest BCUT2D eigenvalue weighted by Gasteiger charge is -2.08. The number of halogens is 1. The van der Waals surface area contributed by atoms with Crippen LogP contribution in [0, 0.1) is 5.92 Å². The minimum Gasteiger partial charge on any atom is -0.381 e. The zero-order valence-electron chi connectivity index (χ0n) is 8.75. The van der Waals surface area contributed by atoms with E-state index in [1.54, 1.807) is 11.3 Å². The van der Waals surface area contributed by atoms with Crippen LogP contribution in [0.5, 0.6) is 0 Å². The van der Waals surface area contributed by atoms with Crippen LogP contribution in [0.2, 0.25) is 0 Å². The van der Waals surface area contributed by atoms with Crippen LogP contribution in [0.3, 0.4) is 0 Å². The van der Waals surface area contributed by atoms with E-state index in [0.29, 0.717) is 5.92 Å². The Morgan fingerprint density at radius 1 is 1.57 bits per heavy atom. The van der Waals surface area contributed by atoms with Gasteiger partial charge in [-0.3, -0.25) is 0 Å². The van der Waals surface area contributed by atoms with Gasteiger partial charge in [0, 0.05) is 6.61 Å². The number of ether oxygens (including phenoxy) is 1. The van der Waals surface area contributed by atoms with E-state index in [1.807, 2.05) is 0 Å². The molecule has 0 aromatic carbocycles. The molecule has 0 unspecified atom stereocenters. The lowest BCUT2D eigenvalue weighted by atomic mass is 10.1. The van der Waals surface area contributed by atoms with E-state index < -0.39 is 0 Å². The standard InChI is InChI=1S/C11H17BrOS/c1-3-9(2)8-13-6-4-10-5-7-14-11(10)12/h5,7,9H,3-4,6,8H2,1-2H3/t9-/m1/s1. The third kappa shape index (κ3) is 4.11. The summed E-state index contributed by atoms with van der Waals surface area (Å²) in [4.78, 5) is 0. The zero-order chi connectivity index (χ0) is 10.4. The molecule has 0 amide bonds. The van der Waals surface area contributed by atoms with E-state index in [-0.39, 0.29) is 0 Å². The fraction of sp³-hybridized carbons (Fsp3) is 0.636. The van der Waals surface area contributed by atoms with Gasteiger partial charge in [0.2, 0.25) is 0 Å². The van der Waals surface area contributed by atoms with Crippen molar-refractivity contribution in [3.63, 3.8) is 0 Å². The summed E-state index contributed by atoms with van der Waals surface area (Å²) in [6.07, 6.45) is 2.21. The molecule has 0 aliphatic carbocycles. The van der Waals surface area contributed by atoms with Gasteiger partial charge in [-0.15, -0.1) is 11.3 Å². The second-order valence-electron chi connectivity index (χ2n) is 3.56. The van der Waals surface area contributed by atoms with Crippen LogP contribution in [0.25, 0.3) is 0 Å². The molecule has 0 spiro atoms. The van der Waals surface area contributed by atoms with Gasteiger partial charge >= 0.3 is 0 Å². The first-order chi connectivity index (χ1) is 6.74. The van der Waals surface area contributed by atoms with Gasteiger partial charge in [0.15, 0.2) is 0 Å². The highest BCUT2D eigenvalue weighted by molar-refractivity contribution is 9.11. The summed E-state index contributed by atoms with van der Waals surface area (Å²) in [6.45, 7) is 6.14. The summed E-state index contributed by atoms with van der Waals surface area (Å²) < 4.78 is 6.84. The molecule has 0 bridgehead atoms. The third-order valence-corrected chi connectivity index (χ3v) is 4.12. The monoisotopic (exact) mass is 276 g/mol. The van der Waals surface area contributed by atoms with E-state index in [4.69, 9.17) is 4.74 Å². The summed E-state index contributed by atoms with van der Waals surface area (Å²) in [5.41, 5.74) is 1.36. The van der Waals surface area contributed by atoms with Crippen molar-refractivity contribution in [1.82, 2.24) is 0 Å². The van der Waals surface area contributed by atoms with Gasteiger partial charge < -0.3 is 4.74 Å². The molecule has 1 atom stereocenters. The summed E-state index contributed by atoms with van der Waals surface area (Å²) in [5, 5.41) is 2.11. The maximum atomic E-state index is 5.60. The maximum Gasteiger partial charge on any atom is 0.0731 e. The van der Waals surface area contributed by atoms with Crippen LogP contribution < -0.4 is 0 Å². The lowest BCUT2D eigenvalue weighted by molar-refractivity contribution is 0.106. The van der Waals surface area contributed by atoms with E-state index in [9.17, 15) is 0 Å². The smallest absolute Gasteiger partial charge is 0.0731 e. The largest absolute Gasteiger partial charge is 0.381 e. The molecule has 0 saturated carbocycles. The molecular weight excluding hydrogens is 260 g/mol. The molecular formula is C11H17BrOS. The molecule has 14 heavy (non-hydrogen) atoms. The average Bonchev–Trinajstić information content (AvgIpc) is 2.58. The molecule has 0 N–H and O–H groups in total. The predicted molar refractivity (Wildman–Crippen MR) is 66.0 cm³/mol. The molecule has 0 aliphatic heterocycles. The number of rotatable bonds is 6. The zero-order valence-corrected chi connectivity index (χ0v) is 11.2.